The lowest BCUT2D eigenvalue weighted by atomic mass is 10.1. The fourth-order valence-electron chi connectivity index (χ4n) is 2.44. The Labute approximate surface area is 144 Å². The minimum atomic E-state index is -0.328. The summed E-state index contributed by atoms with van der Waals surface area (Å²) in [6, 6.07) is 14.9. The maximum Gasteiger partial charge on any atom is 0.276 e. The number of nitrogens with one attached hydrogen (secondary N) is 2. The van der Waals surface area contributed by atoms with Crippen LogP contribution in [-0.4, -0.2) is 16.1 Å². The van der Waals surface area contributed by atoms with Crippen LogP contribution in [0.15, 0.2) is 54.6 Å². The van der Waals surface area contributed by atoms with Crippen molar-refractivity contribution in [1.29, 1.82) is 0 Å². The summed E-state index contributed by atoms with van der Waals surface area (Å²) in [6.07, 6.45) is 0. The summed E-state index contributed by atoms with van der Waals surface area (Å²) in [5.41, 5.74) is 3.75. The molecule has 2 N–H and O–H groups in total. The molecular formula is C19H17FN4O. The first-order valence-corrected chi connectivity index (χ1v) is 7.75. The average molecular weight is 336 g/mol. The van der Waals surface area contributed by atoms with E-state index in [2.05, 4.69) is 20.8 Å². The van der Waals surface area contributed by atoms with Crippen molar-refractivity contribution in [2.45, 2.75) is 13.8 Å². The summed E-state index contributed by atoms with van der Waals surface area (Å²) in [5, 5.41) is 13.7. The van der Waals surface area contributed by atoms with E-state index in [0.717, 1.165) is 16.8 Å². The second kappa shape index (κ2) is 7.09. The normalized spacial score (nSPS) is 10.4. The number of carbonyl (C=O) groups is 1. The molecule has 0 atom stereocenters. The predicted molar refractivity (Wildman–Crippen MR) is 95.6 cm³/mol. The van der Waals surface area contributed by atoms with E-state index in [-0.39, 0.29) is 17.4 Å². The molecule has 0 aliphatic heterocycles. The van der Waals surface area contributed by atoms with Gasteiger partial charge in [-0.15, -0.1) is 10.2 Å². The second-order valence-corrected chi connectivity index (χ2v) is 5.77. The highest BCUT2D eigenvalue weighted by Gasteiger charge is 2.09. The minimum Gasteiger partial charge on any atom is -0.339 e. The number of amides is 1. The van der Waals surface area contributed by atoms with Gasteiger partial charge in [0.05, 0.1) is 0 Å². The van der Waals surface area contributed by atoms with E-state index in [0.29, 0.717) is 11.5 Å². The van der Waals surface area contributed by atoms with Gasteiger partial charge in [0, 0.05) is 11.4 Å². The molecule has 5 nitrogen and oxygen atoms in total. The monoisotopic (exact) mass is 336 g/mol. The molecule has 0 radical (unpaired) electrons. The van der Waals surface area contributed by atoms with E-state index in [1.54, 1.807) is 24.3 Å². The zero-order valence-electron chi connectivity index (χ0n) is 13.9. The maximum atomic E-state index is 12.9. The lowest BCUT2D eigenvalue weighted by Gasteiger charge is -2.08. The lowest BCUT2D eigenvalue weighted by Crippen LogP contribution is -2.14. The van der Waals surface area contributed by atoms with Crippen molar-refractivity contribution in [2.24, 2.45) is 0 Å². The molecule has 3 rings (SSSR count). The van der Waals surface area contributed by atoms with E-state index in [9.17, 15) is 9.18 Å². The topological polar surface area (TPSA) is 66.9 Å². The van der Waals surface area contributed by atoms with Crippen LogP contribution in [0.4, 0.5) is 21.6 Å². The molecule has 0 aliphatic rings. The van der Waals surface area contributed by atoms with E-state index in [1.807, 2.05) is 32.0 Å². The third-order valence-electron chi connectivity index (χ3n) is 3.49. The first-order chi connectivity index (χ1) is 12.0. The Bertz CT molecular complexity index is 872. The molecule has 126 valence electrons. The molecule has 0 saturated heterocycles. The van der Waals surface area contributed by atoms with Crippen LogP contribution in [0.3, 0.4) is 0 Å². The summed E-state index contributed by atoms with van der Waals surface area (Å²) in [6.45, 7) is 3.94. The van der Waals surface area contributed by atoms with Crippen LogP contribution in [0.1, 0.15) is 21.6 Å². The summed E-state index contributed by atoms with van der Waals surface area (Å²) in [4.78, 5) is 12.3. The van der Waals surface area contributed by atoms with Gasteiger partial charge in [-0.3, -0.25) is 4.79 Å². The number of rotatable bonds is 4. The molecule has 0 spiro atoms. The first-order valence-electron chi connectivity index (χ1n) is 7.75. The highest BCUT2D eigenvalue weighted by Crippen LogP contribution is 2.16. The number of benzene rings is 2. The van der Waals surface area contributed by atoms with Gasteiger partial charge in [0.25, 0.3) is 5.91 Å². The Kier molecular flexibility index (Phi) is 4.70. The molecule has 6 heteroatoms. The van der Waals surface area contributed by atoms with Crippen LogP contribution >= 0.6 is 0 Å². The predicted octanol–water partition coefficient (Wildman–Crippen LogP) is 4.23. The molecule has 0 fully saturated rings. The van der Waals surface area contributed by atoms with Gasteiger partial charge in [-0.05, 0) is 73.5 Å². The zero-order valence-corrected chi connectivity index (χ0v) is 13.9. The van der Waals surface area contributed by atoms with Gasteiger partial charge in [-0.2, -0.15) is 0 Å². The lowest BCUT2D eigenvalue weighted by molar-refractivity contribution is 0.102. The molecule has 1 amide bonds. The van der Waals surface area contributed by atoms with Crippen LogP contribution < -0.4 is 10.6 Å². The molecule has 0 saturated carbocycles. The van der Waals surface area contributed by atoms with Crippen LogP contribution in [0.2, 0.25) is 0 Å². The molecule has 1 heterocycles. The molecule has 1 aromatic heterocycles. The Balaban J connectivity index is 1.68. The minimum absolute atomic E-state index is 0.212. The Hall–Kier alpha value is -3.28. The number of nitrogens with zero attached hydrogens (tertiary/aromatic N) is 2. The highest BCUT2D eigenvalue weighted by molar-refractivity contribution is 6.02. The SMILES string of the molecule is Cc1cc(C)cc(NC(=O)c2ccc(Nc3ccc(F)cc3)nn2)c1. The van der Waals surface area contributed by atoms with E-state index < -0.39 is 0 Å². The molecule has 0 unspecified atom stereocenters. The quantitative estimate of drug-likeness (QED) is 0.748. The fourth-order valence-corrected chi connectivity index (χ4v) is 2.44. The van der Waals surface area contributed by atoms with E-state index in [1.165, 1.54) is 12.1 Å². The first kappa shape index (κ1) is 16.6. The van der Waals surface area contributed by atoms with Gasteiger partial charge in [0.15, 0.2) is 11.5 Å². The smallest absolute Gasteiger partial charge is 0.276 e. The van der Waals surface area contributed by atoms with Crippen LogP contribution in [0.25, 0.3) is 0 Å². The van der Waals surface area contributed by atoms with Crippen molar-refractivity contribution in [3.63, 3.8) is 0 Å². The van der Waals surface area contributed by atoms with Crippen molar-refractivity contribution < 1.29 is 9.18 Å². The summed E-state index contributed by atoms with van der Waals surface area (Å²) < 4.78 is 12.9. The molecule has 25 heavy (non-hydrogen) atoms. The van der Waals surface area contributed by atoms with Crippen molar-refractivity contribution in [2.75, 3.05) is 10.6 Å². The van der Waals surface area contributed by atoms with Crippen LogP contribution in [0.5, 0.6) is 0 Å². The number of hydrogen-bond donors (Lipinski definition) is 2. The second-order valence-electron chi connectivity index (χ2n) is 5.77. The third-order valence-corrected chi connectivity index (χ3v) is 3.49. The molecular weight excluding hydrogens is 319 g/mol. The number of carbonyl (C=O) groups excluding carboxylic acids is 1. The van der Waals surface area contributed by atoms with Crippen molar-refractivity contribution >= 4 is 23.1 Å². The van der Waals surface area contributed by atoms with Gasteiger partial charge in [0.1, 0.15) is 5.82 Å². The van der Waals surface area contributed by atoms with Gasteiger partial charge in [-0.1, -0.05) is 6.07 Å². The molecule has 0 bridgehead atoms. The van der Waals surface area contributed by atoms with Gasteiger partial charge < -0.3 is 10.6 Å². The molecule has 0 aliphatic carbocycles. The largest absolute Gasteiger partial charge is 0.339 e. The van der Waals surface area contributed by atoms with Crippen molar-refractivity contribution in [1.82, 2.24) is 10.2 Å². The Morgan fingerprint density at radius 1 is 0.880 bits per heavy atom. The Morgan fingerprint density at radius 3 is 2.16 bits per heavy atom. The Morgan fingerprint density at radius 2 is 1.56 bits per heavy atom. The highest BCUT2D eigenvalue weighted by atomic mass is 19.1. The zero-order chi connectivity index (χ0) is 17.8. The summed E-state index contributed by atoms with van der Waals surface area (Å²) >= 11 is 0. The van der Waals surface area contributed by atoms with Gasteiger partial charge in [-0.25, -0.2) is 4.39 Å². The number of anilines is 3. The summed E-state index contributed by atoms with van der Waals surface area (Å²) in [5.74, 6) is -0.171. The van der Waals surface area contributed by atoms with Crippen LogP contribution in [-0.2, 0) is 0 Å². The number of hydrogen-bond acceptors (Lipinski definition) is 4. The van der Waals surface area contributed by atoms with E-state index >= 15 is 0 Å². The number of halogens is 1. The number of aromatic nitrogens is 2. The fraction of sp³-hybridized carbons (Fsp3) is 0.105. The third kappa shape index (κ3) is 4.38. The van der Waals surface area contributed by atoms with E-state index in [4.69, 9.17) is 0 Å². The van der Waals surface area contributed by atoms with Crippen molar-refractivity contribution in [3.05, 3.63) is 77.2 Å². The summed E-state index contributed by atoms with van der Waals surface area (Å²) in [7, 11) is 0. The maximum absolute atomic E-state index is 12.9. The average Bonchev–Trinajstić information content (AvgIpc) is 2.56. The van der Waals surface area contributed by atoms with Crippen LogP contribution in [0, 0.1) is 19.7 Å². The number of aryl methyl sites for hydroxylation is 2. The van der Waals surface area contributed by atoms with Gasteiger partial charge >= 0.3 is 0 Å². The standard InChI is InChI=1S/C19H17FN4O/c1-12-9-13(2)11-16(10-12)22-19(25)17-7-8-18(24-23-17)21-15-5-3-14(20)4-6-15/h3-11H,1-2H3,(H,21,24)(H,22,25). The van der Waals surface area contributed by atoms with Gasteiger partial charge in [0.2, 0.25) is 0 Å². The van der Waals surface area contributed by atoms with Crippen molar-refractivity contribution in [3.8, 4) is 0 Å². The molecule has 2 aromatic carbocycles. The molecule has 3 aromatic rings.